The first-order valence-electron chi connectivity index (χ1n) is 15.3. The Labute approximate surface area is 232 Å². The fourth-order valence-electron chi connectivity index (χ4n) is 5.39. The maximum atomic E-state index is 11.9. The summed E-state index contributed by atoms with van der Waals surface area (Å²) in [4.78, 5) is 35.8. The Kier molecular flexibility index (Phi) is 20.9. The molecule has 0 aliphatic carbocycles. The van der Waals surface area contributed by atoms with E-state index < -0.39 is 35.7 Å². The molecule has 0 amide bonds. The van der Waals surface area contributed by atoms with Crippen molar-refractivity contribution >= 4 is 17.9 Å². The van der Waals surface area contributed by atoms with Crippen molar-refractivity contribution in [3.8, 4) is 0 Å². The van der Waals surface area contributed by atoms with Crippen LogP contribution in [0.5, 0.6) is 0 Å². The zero-order chi connectivity index (χ0) is 28.8. The molecule has 7 nitrogen and oxygen atoms in total. The predicted octanol–water partition coefficient (Wildman–Crippen LogP) is 7.39. The van der Waals surface area contributed by atoms with Gasteiger partial charge in [-0.15, -0.1) is 0 Å². The normalized spacial score (nSPS) is 15.7. The Hall–Kier alpha value is -1.89. The van der Waals surface area contributed by atoms with E-state index in [4.69, 9.17) is 0 Å². The van der Waals surface area contributed by atoms with Gasteiger partial charge in [-0.05, 0) is 51.4 Å². The number of nitrogens with zero attached hydrogens (tertiary/aromatic N) is 1. The van der Waals surface area contributed by atoms with E-state index in [0.717, 1.165) is 25.7 Å². The Morgan fingerprint density at radius 2 is 0.895 bits per heavy atom. The van der Waals surface area contributed by atoms with Gasteiger partial charge in [0.25, 0.3) is 0 Å². The van der Waals surface area contributed by atoms with Gasteiger partial charge in [0.2, 0.25) is 0 Å². The smallest absolute Gasteiger partial charge is 0.312 e. The van der Waals surface area contributed by atoms with E-state index in [1.54, 1.807) is 0 Å². The van der Waals surface area contributed by atoms with Crippen molar-refractivity contribution in [2.24, 2.45) is 17.8 Å². The summed E-state index contributed by atoms with van der Waals surface area (Å²) in [6.45, 7) is 9.14. The van der Waals surface area contributed by atoms with E-state index in [2.05, 4.69) is 19.1 Å². The van der Waals surface area contributed by atoms with E-state index in [-0.39, 0.29) is 24.1 Å². The number of hydrogen-bond donors (Lipinski definition) is 3. The second-order valence-corrected chi connectivity index (χ2v) is 11.2. The minimum absolute atomic E-state index is 0.238. The van der Waals surface area contributed by atoms with Crippen LogP contribution in [0.4, 0.5) is 0 Å². The Balaban J connectivity index is 5.12. The third kappa shape index (κ3) is 16.2. The number of rotatable bonds is 26. The molecule has 3 unspecified atom stereocenters. The van der Waals surface area contributed by atoms with Gasteiger partial charge in [-0.1, -0.05) is 84.8 Å². The number of quaternary nitrogens is 1. The first-order valence-corrected chi connectivity index (χ1v) is 15.3. The van der Waals surface area contributed by atoms with Gasteiger partial charge in [0.1, 0.15) is 17.8 Å². The van der Waals surface area contributed by atoms with Crippen molar-refractivity contribution in [1.82, 2.24) is 0 Å². The SMILES string of the molecule is CCCCCCCCCC/C=C/CCCC[N+](CC(CC)C(=O)O)(CC(CC)C(=O)O)CC(CC)C(=O)O. The molecule has 0 saturated carbocycles. The highest BCUT2D eigenvalue weighted by molar-refractivity contribution is 5.71. The largest absolute Gasteiger partial charge is 0.481 e. The molecule has 222 valence electrons. The fourth-order valence-corrected chi connectivity index (χ4v) is 5.39. The van der Waals surface area contributed by atoms with Crippen LogP contribution in [0.15, 0.2) is 12.2 Å². The van der Waals surface area contributed by atoms with Crippen molar-refractivity contribution < 1.29 is 34.2 Å². The highest BCUT2D eigenvalue weighted by Crippen LogP contribution is 2.25. The maximum Gasteiger partial charge on any atom is 0.312 e. The number of allylic oxidation sites excluding steroid dienone is 2. The second kappa shape index (κ2) is 22.0. The van der Waals surface area contributed by atoms with Crippen molar-refractivity contribution in [3.63, 3.8) is 0 Å². The minimum Gasteiger partial charge on any atom is -0.481 e. The van der Waals surface area contributed by atoms with Crippen LogP contribution in [0.2, 0.25) is 0 Å². The van der Waals surface area contributed by atoms with E-state index >= 15 is 0 Å². The molecule has 0 heterocycles. The molecule has 3 atom stereocenters. The van der Waals surface area contributed by atoms with Crippen molar-refractivity contribution in [2.75, 3.05) is 26.2 Å². The summed E-state index contributed by atoms with van der Waals surface area (Å²) in [7, 11) is 0. The summed E-state index contributed by atoms with van der Waals surface area (Å²) in [5.41, 5.74) is 0. The number of aliphatic carboxylic acids is 3. The summed E-state index contributed by atoms with van der Waals surface area (Å²) < 4.78 is 0.238. The predicted molar refractivity (Wildman–Crippen MR) is 154 cm³/mol. The van der Waals surface area contributed by atoms with Crippen LogP contribution in [0, 0.1) is 17.8 Å². The molecule has 0 aliphatic rings. The van der Waals surface area contributed by atoms with Crippen LogP contribution >= 0.6 is 0 Å². The van der Waals surface area contributed by atoms with Crippen LogP contribution in [0.25, 0.3) is 0 Å². The van der Waals surface area contributed by atoms with E-state index in [1.165, 1.54) is 51.4 Å². The van der Waals surface area contributed by atoms with Gasteiger partial charge in [0.05, 0.1) is 26.2 Å². The number of carbonyl (C=O) groups is 3. The summed E-state index contributed by atoms with van der Waals surface area (Å²) >= 11 is 0. The first kappa shape index (κ1) is 36.1. The zero-order valence-corrected chi connectivity index (χ0v) is 24.8. The lowest BCUT2D eigenvalue weighted by Crippen LogP contribution is -2.58. The van der Waals surface area contributed by atoms with Crippen LogP contribution in [0.3, 0.4) is 0 Å². The zero-order valence-electron chi connectivity index (χ0n) is 24.8. The van der Waals surface area contributed by atoms with Gasteiger partial charge in [0.15, 0.2) is 0 Å². The Morgan fingerprint density at radius 3 is 1.24 bits per heavy atom. The summed E-state index contributed by atoms with van der Waals surface area (Å²) in [6, 6.07) is 0. The topological polar surface area (TPSA) is 112 Å². The highest BCUT2D eigenvalue weighted by atomic mass is 16.4. The van der Waals surface area contributed by atoms with Gasteiger partial charge in [-0.3, -0.25) is 14.4 Å². The van der Waals surface area contributed by atoms with Crippen molar-refractivity contribution in [1.29, 1.82) is 0 Å². The second-order valence-electron chi connectivity index (χ2n) is 11.2. The van der Waals surface area contributed by atoms with Gasteiger partial charge >= 0.3 is 17.9 Å². The van der Waals surface area contributed by atoms with Crippen molar-refractivity contribution in [3.05, 3.63) is 12.2 Å². The van der Waals surface area contributed by atoms with Crippen LogP contribution in [-0.2, 0) is 14.4 Å². The van der Waals surface area contributed by atoms with Gasteiger partial charge in [-0.2, -0.15) is 0 Å². The molecular weight excluding hydrogens is 482 g/mol. The number of carboxylic acid groups (broad SMARTS) is 3. The fraction of sp³-hybridized carbons (Fsp3) is 0.839. The summed E-state index contributed by atoms with van der Waals surface area (Å²) in [5.74, 6) is -4.57. The van der Waals surface area contributed by atoms with Crippen molar-refractivity contribution in [2.45, 2.75) is 124 Å². The third-order valence-corrected chi connectivity index (χ3v) is 7.99. The average molecular weight is 541 g/mol. The lowest BCUT2D eigenvalue weighted by Gasteiger charge is -2.43. The molecule has 0 fully saturated rings. The summed E-state index contributed by atoms with van der Waals surface area (Å²) in [6.07, 6.45) is 20.0. The molecule has 38 heavy (non-hydrogen) atoms. The first-order chi connectivity index (χ1) is 18.2. The van der Waals surface area contributed by atoms with Crippen LogP contribution in [0.1, 0.15) is 124 Å². The maximum absolute atomic E-state index is 11.9. The Morgan fingerprint density at radius 1 is 0.553 bits per heavy atom. The molecule has 0 spiro atoms. The summed E-state index contributed by atoms with van der Waals surface area (Å²) in [5, 5.41) is 29.3. The van der Waals surface area contributed by atoms with Crippen LogP contribution in [-0.4, -0.2) is 63.9 Å². The quantitative estimate of drug-likeness (QED) is 0.0599. The lowest BCUT2D eigenvalue weighted by atomic mass is 9.95. The van der Waals surface area contributed by atoms with E-state index in [9.17, 15) is 29.7 Å². The Bertz CT molecular complexity index is 617. The third-order valence-electron chi connectivity index (χ3n) is 7.99. The molecule has 0 aromatic heterocycles. The average Bonchev–Trinajstić information content (AvgIpc) is 2.88. The van der Waals surface area contributed by atoms with Gasteiger partial charge in [-0.25, -0.2) is 0 Å². The van der Waals surface area contributed by atoms with Gasteiger partial charge in [0, 0.05) is 0 Å². The monoisotopic (exact) mass is 540 g/mol. The molecule has 0 aliphatic heterocycles. The molecule has 0 aromatic rings. The molecule has 0 saturated heterocycles. The molecule has 7 heteroatoms. The van der Waals surface area contributed by atoms with E-state index in [0.29, 0.717) is 25.8 Å². The van der Waals surface area contributed by atoms with Crippen LogP contribution < -0.4 is 0 Å². The lowest BCUT2D eigenvalue weighted by molar-refractivity contribution is -0.935. The number of hydrogen-bond acceptors (Lipinski definition) is 3. The number of unbranched alkanes of at least 4 members (excludes halogenated alkanes) is 10. The number of carboxylic acids is 3. The van der Waals surface area contributed by atoms with Gasteiger partial charge < -0.3 is 19.8 Å². The molecular formula is C31H58NO6+. The molecule has 0 aromatic carbocycles. The van der Waals surface area contributed by atoms with E-state index in [1.807, 2.05) is 20.8 Å². The standard InChI is InChI=1S/C31H57NO6/c1-5-9-10-11-12-13-14-15-16-17-18-19-20-21-22-32(23-26(6-2)29(33)34,24-27(7-3)30(35)36)25-28(8-4)31(37)38/h17-18,26-28H,5-16,19-25H2,1-4H3,(H2-,33,34,35,36,37,38)/p+1/b18-17+. The molecule has 0 rings (SSSR count). The molecule has 0 radical (unpaired) electrons. The minimum atomic E-state index is -0.898. The molecule has 3 N–H and O–H groups in total. The highest BCUT2D eigenvalue weighted by Gasteiger charge is 2.40. The molecule has 0 bridgehead atoms.